The molecule has 0 bridgehead atoms. The summed E-state index contributed by atoms with van der Waals surface area (Å²) in [6, 6.07) is 5.40. The Morgan fingerprint density at radius 2 is 2.32 bits per heavy atom. The first kappa shape index (κ1) is 14.0. The SMILES string of the molecule is Cc1ccc(C(C)N2CCCC2CC(=O)O)cc1F. The molecule has 0 aliphatic carbocycles. The van der Waals surface area contributed by atoms with Crippen molar-refractivity contribution in [3.05, 3.63) is 35.1 Å². The third-order valence-electron chi connectivity index (χ3n) is 4.01. The van der Waals surface area contributed by atoms with Gasteiger partial charge in [-0.2, -0.15) is 0 Å². The van der Waals surface area contributed by atoms with Crippen molar-refractivity contribution in [2.45, 2.75) is 45.2 Å². The lowest BCUT2D eigenvalue weighted by molar-refractivity contribution is -0.138. The van der Waals surface area contributed by atoms with Gasteiger partial charge in [-0.15, -0.1) is 0 Å². The summed E-state index contributed by atoms with van der Waals surface area (Å²) in [7, 11) is 0. The smallest absolute Gasteiger partial charge is 0.304 e. The summed E-state index contributed by atoms with van der Waals surface area (Å²) in [5.74, 6) is -0.961. The molecule has 2 rings (SSSR count). The maximum Gasteiger partial charge on any atom is 0.304 e. The second-order valence-corrected chi connectivity index (χ2v) is 5.32. The molecule has 1 aliphatic rings. The molecule has 0 aromatic heterocycles. The van der Waals surface area contributed by atoms with Crippen molar-refractivity contribution in [2.24, 2.45) is 0 Å². The van der Waals surface area contributed by atoms with E-state index in [1.165, 1.54) is 0 Å². The van der Waals surface area contributed by atoms with Crippen LogP contribution < -0.4 is 0 Å². The molecule has 3 nitrogen and oxygen atoms in total. The Balaban J connectivity index is 2.15. The lowest BCUT2D eigenvalue weighted by Gasteiger charge is -2.30. The molecule has 4 heteroatoms. The summed E-state index contributed by atoms with van der Waals surface area (Å²) >= 11 is 0. The summed E-state index contributed by atoms with van der Waals surface area (Å²) in [6.45, 7) is 4.64. The number of likely N-dealkylation sites (tertiary alicyclic amines) is 1. The van der Waals surface area contributed by atoms with Gasteiger partial charge in [-0.1, -0.05) is 12.1 Å². The van der Waals surface area contributed by atoms with Gasteiger partial charge in [0.1, 0.15) is 5.82 Å². The first-order chi connectivity index (χ1) is 8.99. The molecule has 1 aliphatic heterocycles. The third-order valence-corrected chi connectivity index (χ3v) is 4.01. The van der Waals surface area contributed by atoms with E-state index < -0.39 is 5.97 Å². The fraction of sp³-hybridized carbons (Fsp3) is 0.533. The van der Waals surface area contributed by atoms with Crippen LogP contribution in [-0.2, 0) is 4.79 Å². The van der Waals surface area contributed by atoms with Crippen LogP contribution in [0.2, 0.25) is 0 Å². The number of carbonyl (C=O) groups is 1. The summed E-state index contributed by atoms with van der Waals surface area (Å²) < 4.78 is 13.6. The third kappa shape index (κ3) is 3.13. The van der Waals surface area contributed by atoms with E-state index in [1.807, 2.05) is 13.0 Å². The molecule has 0 saturated carbocycles. The summed E-state index contributed by atoms with van der Waals surface area (Å²) in [5, 5.41) is 8.94. The highest BCUT2D eigenvalue weighted by atomic mass is 19.1. The van der Waals surface area contributed by atoms with Crippen LogP contribution in [0.5, 0.6) is 0 Å². The van der Waals surface area contributed by atoms with Gasteiger partial charge in [0.15, 0.2) is 0 Å². The predicted molar refractivity (Wildman–Crippen MR) is 71.5 cm³/mol. The molecular formula is C15H20FNO2. The average molecular weight is 265 g/mol. The number of carboxylic acids is 1. The van der Waals surface area contributed by atoms with E-state index in [9.17, 15) is 9.18 Å². The topological polar surface area (TPSA) is 40.5 Å². The highest BCUT2D eigenvalue weighted by molar-refractivity contribution is 5.67. The number of aliphatic carboxylic acids is 1. The predicted octanol–water partition coefficient (Wildman–Crippen LogP) is 3.13. The fourth-order valence-electron chi connectivity index (χ4n) is 2.85. The summed E-state index contributed by atoms with van der Waals surface area (Å²) in [5.41, 5.74) is 1.56. The number of rotatable bonds is 4. The van der Waals surface area contributed by atoms with E-state index in [1.54, 1.807) is 19.1 Å². The van der Waals surface area contributed by atoms with Gasteiger partial charge in [-0.05, 0) is 50.4 Å². The molecule has 0 amide bonds. The number of hydrogen-bond donors (Lipinski definition) is 1. The van der Waals surface area contributed by atoms with E-state index in [0.717, 1.165) is 24.9 Å². The van der Waals surface area contributed by atoms with Gasteiger partial charge in [-0.25, -0.2) is 4.39 Å². The summed E-state index contributed by atoms with van der Waals surface area (Å²) in [6.07, 6.45) is 2.08. The molecule has 0 spiro atoms. The Hall–Kier alpha value is -1.42. The molecule has 19 heavy (non-hydrogen) atoms. The highest BCUT2D eigenvalue weighted by Crippen LogP contribution is 2.31. The Kier molecular flexibility index (Phi) is 4.20. The van der Waals surface area contributed by atoms with E-state index in [0.29, 0.717) is 5.56 Å². The minimum Gasteiger partial charge on any atom is -0.481 e. The van der Waals surface area contributed by atoms with Gasteiger partial charge < -0.3 is 5.11 Å². The Morgan fingerprint density at radius 3 is 2.95 bits per heavy atom. The maximum atomic E-state index is 13.6. The first-order valence-corrected chi connectivity index (χ1v) is 6.72. The maximum absolute atomic E-state index is 13.6. The summed E-state index contributed by atoms with van der Waals surface area (Å²) in [4.78, 5) is 13.1. The van der Waals surface area contributed by atoms with Gasteiger partial charge in [0, 0.05) is 12.1 Å². The molecule has 1 fully saturated rings. The standard InChI is InChI=1S/C15H20FNO2/c1-10-5-6-12(8-14(10)16)11(2)17-7-3-4-13(17)9-15(18)19/h5-6,8,11,13H,3-4,7,9H2,1-2H3,(H,18,19). The zero-order valence-electron chi connectivity index (χ0n) is 11.4. The minimum atomic E-state index is -0.765. The van der Waals surface area contributed by atoms with Crippen LogP contribution in [0.3, 0.4) is 0 Å². The van der Waals surface area contributed by atoms with Gasteiger partial charge >= 0.3 is 5.97 Å². The van der Waals surface area contributed by atoms with Crippen molar-refractivity contribution < 1.29 is 14.3 Å². The Morgan fingerprint density at radius 1 is 1.58 bits per heavy atom. The molecule has 1 N–H and O–H groups in total. The molecule has 1 saturated heterocycles. The zero-order valence-corrected chi connectivity index (χ0v) is 11.4. The van der Waals surface area contributed by atoms with Crippen LogP contribution in [0.1, 0.15) is 43.4 Å². The largest absolute Gasteiger partial charge is 0.481 e. The number of halogens is 1. The Labute approximate surface area is 113 Å². The number of carboxylic acid groups (broad SMARTS) is 1. The van der Waals surface area contributed by atoms with Crippen molar-refractivity contribution >= 4 is 5.97 Å². The van der Waals surface area contributed by atoms with E-state index in [2.05, 4.69) is 4.90 Å². The Bertz CT molecular complexity index is 475. The average Bonchev–Trinajstić information content (AvgIpc) is 2.79. The molecule has 1 aromatic rings. The minimum absolute atomic E-state index is 0.0574. The molecule has 1 heterocycles. The zero-order chi connectivity index (χ0) is 14.0. The van der Waals surface area contributed by atoms with Crippen LogP contribution in [0.4, 0.5) is 4.39 Å². The van der Waals surface area contributed by atoms with E-state index in [-0.39, 0.29) is 24.3 Å². The van der Waals surface area contributed by atoms with E-state index >= 15 is 0 Å². The quantitative estimate of drug-likeness (QED) is 0.909. The lowest BCUT2D eigenvalue weighted by Crippen LogP contribution is -2.33. The normalized spacial score (nSPS) is 21.5. The van der Waals surface area contributed by atoms with Crippen molar-refractivity contribution in [2.75, 3.05) is 6.54 Å². The van der Waals surface area contributed by atoms with Gasteiger partial charge in [0.05, 0.1) is 6.42 Å². The lowest BCUT2D eigenvalue weighted by atomic mass is 10.0. The monoisotopic (exact) mass is 265 g/mol. The van der Waals surface area contributed by atoms with Crippen molar-refractivity contribution in [3.63, 3.8) is 0 Å². The molecule has 0 radical (unpaired) electrons. The van der Waals surface area contributed by atoms with Crippen LogP contribution in [0.15, 0.2) is 18.2 Å². The van der Waals surface area contributed by atoms with Gasteiger partial charge in [0.2, 0.25) is 0 Å². The molecule has 2 unspecified atom stereocenters. The van der Waals surface area contributed by atoms with E-state index in [4.69, 9.17) is 5.11 Å². The highest BCUT2D eigenvalue weighted by Gasteiger charge is 2.30. The number of benzene rings is 1. The van der Waals surface area contributed by atoms with Gasteiger partial charge in [0.25, 0.3) is 0 Å². The van der Waals surface area contributed by atoms with Crippen molar-refractivity contribution in [3.8, 4) is 0 Å². The molecule has 1 aromatic carbocycles. The molecule has 104 valence electrons. The van der Waals surface area contributed by atoms with Crippen LogP contribution >= 0.6 is 0 Å². The number of aryl methyl sites for hydroxylation is 1. The van der Waals surface area contributed by atoms with Crippen LogP contribution in [-0.4, -0.2) is 28.6 Å². The van der Waals surface area contributed by atoms with Crippen molar-refractivity contribution in [1.29, 1.82) is 0 Å². The van der Waals surface area contributed by atoms with Crippen LogP contribution in [0, 0.1) is 12.7 Å². The molecular weight excluding hydrogens is 245 g/mol. The van der Waals surface area contributed by atoms with Crippen LogP contribution in [0.25, 0.3) is 0 Å². The first-order valence-electron chi connectivity index (χ1n) is 6.72. The second kappa shape index (κ2) is 5.70. The fourth-order valence-corrected chi connectivity index (χ4v) is 2.85. The second-order valence-electron chi connectivity index (χ2n) is 5.32. The molecule has 2 atom stereocenters. The van der Waals surface area contributed by atoms with Crippen molar-refractivity contribution in [1.82, 2.24) is 4.90 Å². The van der Waals surface area contributed by atoms with Gasteiger partial charge in [-0.3, -0.25) is 9.69 Å². The number of nitrogens with zero attached hydrogens (tertiary/aromatic N) is 1. The number of hydrogen-bond acceptors (Lipinski definition) is 2.